The van der Waals surface area contributed by atoms with E-state index in [0.717, 1.165) is 11.3 Å². The third-order valence-electron chi connectivity index (χ3n) is 3.53. The van der Waals surface area contributed by atoms with Crippen molar-refractivity contribution in [2.45, 2.75) is 38.6 Å². The molecule has 0 unspecified atom stereocenters. The monoisotopic (exact) mass is 248 g/mol. The molecule has 2 rings (SSSR count). The Labute approximate surface area is 108 Å². The predicted molar refractivity (Wildman–Crippen MR) is 72.1 cm³/mol. The third-order valence-corrected chi connectivity index (χ3v) is 3.53. The van der Waals surface area contributed by atoms with Gasteiger partial charge in [0.1, 0.15) is 5.75 Å². The molecule has 98 valence electrons. The van der Waals surface area contributed by atoms with Gasteiger partial charge in [-0.3, -0.25) is 4.79 Å². The summed E-state index contributed by atoms with van der Waals surface area (Å²) in [4.78, 5) is 11.3. The smallest absolute Gasteiger partial charge is 0.252 e. The summed E-state index contributed by atoms with van der Waals surface area (Å²) < 4.78 is 5.23. The lowest BCUT2D eigenvalue weighted by atomic mass is 10.1. The number of carbonyl (C=O) groups is 1. The predicted octanol–water partition coefficient (Wildman–Crippen LogP) is 2.46. The van der Waals surface area contributed by atoms with E-state index in [-0.39, 0.29) is 0 Å². The van der Waals surface area contributed by atoms with Crippen LogP contribution in [0.4, 0.5) is 5.69 Å². The molecule has 0 saturated heterocycles. The van der Waals surface area contributed by atoms with E-state index in [4.69, 9.17) is 10.5 Å². The third kappa shape index (κ3) is 2.58. The number of nitrogens with one attached hydrogen (secondary N) is 1. The van der Waals surface area contributed by atoms with Gasteiger partial charge >= 0.3 is 0 Å². The second-order valence-electron chi connectivity index (χ2n) is 4.86. The van der Waals surface area contributed by atoms with Gasteiger partial charge in [0.25, 0.3) is 5.91 Å². The fourth-order valence-electron chi connectivity index (χ4n) is 2.50. The molecule has 0 atom stereocenters. The molecule has 1 saturated carbocycles. The van der Waals surface area contributed by atoms with Crippen LogP contribution < -0.4 is 15.8 Å². The van der Waals surface area contributed by atoms with Crippen molar-refractivity contribution in [2.75, 3.05) is 12.4 Å². The van der Waals surface area contributed by atoms with Gasteiger partial charge in [-0.2, -0.15) is 0 Å². The van der Waals surface area contributed by atoms with E-state index in [1.165, 1.54) is 25.7 Å². The Morgan fingerprint density at radius 3 is 2.61 bits per heavy atom. The first-order valence-electron chi connectivity index (χ1n) is 6.37. The highest BCUT2D eigenvalue weighted by Crippen LogP contribution is 2.29. The molecule has 4 nitrogen and oxygen atoms in total. The zero-order valence-electron chi connectivity index (χ0n) is 11.0. The number of primary amides is 1. The van der Waals surface area contributed by atoms with E-state index < -0.39 is 5.91 Å². The van der Waals surface area contributed by atoms with E-state index in [1.54, 1.807) is 13.2 Å². The normalized spacial score (nSPS) is 15.7. The SMILES string of the molecule is COc1cc(NC2CCCC2)c(C)cc1C(N)=O. The second-order valence-corrected chi connectivity index (χ2v) is 4.86. The van der Waals surface area contributed by atoms with Crippen LogP contribution in [0, 0.1) is 6.92 Å². The number of aryl methyl sites for hydroxylation is 1. The number of amides is 1. The van der Waals surface area contributed by atoms with Crippen LogP contribution >= 0.6 is 0 Å². The first-order chi connectivity index (χ1) is 8.61. The summed E-state index contributed by atoms with van der Waals surface area (Å²) in [5, 5.41) is 3.52. The summed E-state index contributed by atoms with van der Waals surface area (Å²) >= 11 is 0. The molecule has 3 N–H and O–H groups in total. The number of ether oxygens (including phenoxy) is 1. The highest BCUT2D eigenvalue weighted by Gasteiger charge is 2.17. The molecule has 1 aliphatic carbocycles. The molecule has 0 spiro atoms. The summed E-state index contributed by atoms with van der Waals surface area (Å²) in [7, 11) is 1.55. The largest absolute Gasteiger partial charge is 0.496 e. The minimum atomic E-state index is -0.456. The Balaban J connectivity index is 2.27. The van der Waals surface area contributed by atoms with Crippen molar-refractivity contribution in [3.05, 3.63) is 23.3 Å². The van der Waals surface area contributed by atoms with E-state index >= 15 is 0 Å². The lowest BCUT2D eigenvalue weighted by Crippen LogP contribution is -2.17. The number of hydrogen-bond donors (Lipinski definition) is 2. The van der Waals surface area contributed by atoms with Gasteiger partial charge in [-0.15, -0.1) is 0 Å². The van der Waals surface area contributed by atoms with Crippen LogP contribution in [0.15, 0.2) is 12.1 Å². The Morgan fingerprint density at radius 1 is 1.39 bits per heavy atom. The Kier molecular flexibility index (Phi) is 3.75. The maximum atomic E-state index is 11.3. The number of benzene rings is 1. The zero-order chi connectivity index (χ0) is 13.1. The molecule has 1 fully saturated rings. The van der Waals surface area contributed by atoms with E-state index in [0.29, 0.717) is 17.4 Å². The van der Waals surface area contributed by atoms with Crippen molar-refractivity contribution in [1.29, 1.82) is 0 Å². The van der Waals surface area contributed by atoms with Gasteiger partial charge in [-0.25, -0.2) is 0 Å². The summed E-state index contributed by atoms with van der Waals surface area (Å²) in [6.07, 6.45) is 4.99. The Morgan fingerprint density at radius 2 is 2.06 bits per heavy atom. The topological polar surface area (TPSA) is 64.3 Å². The number of rotatable bonds is 4. The maximum Gasteiger partial charge on any atom is 0.252 e. The maximum absolute atomic E-state index is 11.3. The van der Waals surface area contributed by atoms with Crippen molar-refractivity contribution in [3.63, 3.8) is 0 Å². The lowest BCUT2D eigenvalue weighted by molar-refractivity contribution is 0.0997. The van der Waals surface area contributed by atoms with Gasteiger partial charge in [-0.05, 0) is 31.4 Å². The number of nitrogens with two attached hydrogens (primary N) is 1. The van der Waals surface area contributed by atoms with Crippen molar-refractivity contribution in [1.82, 2.24) is 0 Å². The zero-order valence-corrected chi connectivity index (χ0v) is 11.0. The van der Waals surface area contributed by atoms with Gasteiger partial charge < -0.3 is 15.8 Å². The van der Waals surface area contributed by atoms with E-state index in [2.05, 4.69) is 5.32 Å². The summed E-state index contributed by atoms with van der Waals surface area (Å²) in [5.41, 5.74) is 7.83. The van der Waals surface area contributed by atoms with Crippen LogP contribution in [0.1, 0.15) is 41.6 Å². The minimum absolute atomic E-state index is 0.437. The molecule has 1 aromatic rings. The van der Waals surface area contributed by atoms with E-state index in [9.17, 15) is 4.79 Å². The molecular formula is C14H20N2O2. The van der Waals surface area contributed by atoms with Crippen LogP contribution in [-0.2, 0) is 0 Å². The summed E-state index contributed by atoms with van der Waals surface area (Å²) in [6.45, 7) is 1.98. The van der Waals surface area contributed by atoms with Gasteiger partial charge in [0.2, 0.25) is 0 Å². The molecule has 0 radical (unpaired) electrons. The molecule has 18 heavy (non-hydrogen) atoms. The van der Waals surface area contributed by atoms with Crippen LogP contribution in [0.25, 0.3) is 0 Å². The molecule has 4 heteroatoms. The van der Waals surface area contributed by atoms with E-state index in [1.807, 2.05) is 13.0 Å². The fourth-order valence-corrected chi connectivity index (χ4v) is 2.50. The molecule has 0 aromatic heterocycles. The highest BCUT2D eigenvalue weighted by molar-refractivity contribution is 5.96. The van der Waals surface area contributed by atoms with Gasteiger partial charge in [0, 0.05) is 17.8 Å². The summed E-state index contributed by atoms with van der Waals surface area (Å²) in [5.74, 6) is 0.0796. The first kappa shape index (κ1) is 12.7. The highest BCUT2D eigenvalue weighted by atomic mass is 16.5. The Bertz CT molecular complexity index is 451. The Hall–Kier alpha value is -1.71. The van der Waals surface area contributed by atoms with Crippen molar-refractivity contribution in [2.24, 2.45) is 5.73 Å². The van der Waals surface area contributed by atoms with Crippen LogP contribution in [0.3, 0.4) is 0 Å². The lowest BCUT2D eigenvalue weighted by Gasteiger charge is -2.18. The number of carbonyl (C=O) groups excluding carboxylic acids is 1. The average Bonchev–Trinajstić information content (AvgIpc) is 2.83. The van der Waals surface area contributed by atoms with Crippen LogP contribution in [-0.4, -0.2) is 19.1 Å². The standard InChI is InChI=1S/C14H20N2O2/c1-9-7-11(14(15)17)13(18-2)8-12(9)16-10-5-3-4-6-10/h7-8,10,16H,3-6H2,1-2H3,(H2,15,17). The number of methoxy groups -OCH3 is 1. The summed E-state index contributed by atoms with van der Waals surface area (Å²) in [6, 6.07) is 4.19. The molecule has 1 amide bonds. The number of hydrogen-bond acceptors (Lipinski definition) is 3. The molecule has 1 aromatic carbocycles. The molecule has 0 heterocycles. The quantitative estimate of drug-likeness (QED) is 0.860. The van der Waals surface area contributed by atoms with Crippen molar-refractivity contribution < 1.29 is 9.53 Å². The van der Waals surface area contributed by atoms with Crippen LogP contribution in [0.2, 0.25) is 0 Å². The molecule has 0 bridgehead atoms. The molecule has 0 aliphatic heterocycles. The fraction of sp³-hybridized carbons (Fsp3) is 0.500. The van der Waals surface area contributed by atoms with Crippen molar-refractivity contribution in [3.8, 4) is 5.75 Å². The van der Waals surface area contributed by atoms with Gasteiger partial charge in [-0.1, -0.05) is 12.8 Å². The second kappa shape index (κ2) is 5.29. The van der Waals surface area contributed by atoms with Crippen molar-refractivity contribution >= 4 is 11.6 Å². The minimum Gasteiger partial charge on any atom is -0.496 e. The van der Waals surface area contributed by atoms with Gasteiger partial charge in [0.05, 0.1) is 12.7 Å². The van der Waals surface area contributed by atoms with Crippen LogP contribution in [0.5, 0.6) is 5.75 Å². The first-order valence-corrected chi connectivity index (χ1v) is 6.37. The number of anilines is 1. The molecular weight excluding hydrogens is 228 g/mol. The molecule has 1 aliphatic rings. The van der Waals surface area contributed by atoms with Gasteiger partial charge in [0.15, 0.2) is 0 Å². The average molecular weight is 248 g/mol.